The summed E-state index contributed by atoms with van der Waals surface area (Å²) in [5.74, 6) is 2.19. The summed E-state index contributed by atoms with van der Waals surface area (Å²) in [5, 5.41) is 2.85. The van der Waals surface area contributed by atoms with Gasteiger partial charge >= 0.3 is 0 Å². The van der Waals surface area contributed by atoms with Crippen LogP contribution >= 0.6 is 0 Å². The number of methoxy groups -OCH3 is 1. The van der Waals surface area contributed by atoms with Crippen LogP contribution < -0.4 is 10.1 Å². The lowest BCUT2D eigenvalue weighted by Gasteiger charge is -2.21. The zero-order valence-electron chi connectivity index (χ0n) is 15.0. The fourth-order valence-corrected chi connectivity index (χ4v) is 5.30. The molecule has 2 aliphatic rings. The fraction of sp³-hybridized carbons (Fsp3) is 0.611. The van der Waals surface area contributed by atoms with Gasteiger partial charge < -0.3 is 10.1 Å². The highest BCUT2D eigenvalue weighted by molar-refractivity contribution is 7.89. The quantitative estimate of drug-likeness (QED) is 0.840. The molecule has 0 heterocycles. The average Bonchev–Trinajstić information content (AvgIpc) is 3.17. The minimum absolute atomic E-state index is 0.0454. The highest BCUT2D eigenvalue weighted by atomic mass is 32.2. The molecule has 3 rings (SSSR count). The summed E-state index contributed by atoms with van der Waals surface area (Å²) < 4.78 is 31.2. The molecule has 0 radical (unpaired) electrons. The Morgan fingerprint density at radius 2 is 2.04 bits per heavy atom. The van der Waals surface area contributed by atoms with Gasteiger partial charge in [-0.05, 0) is 55.2 Å². The van der Waals surface area contributed by atoms with Crippen molar-refractivity contribution in [3.63, 3.8) is 0 Å². The maximum atomic E-state index is 12.4. The molecule has 1 N–H and O–H groups in total. The third-order valence-corrected chi connectivity index (χ3v) is 7.37. The van der Waals surface area contributed by atoms with E-state index in [4.69, 9.17) is 4.74 Å². The molecule has 7 heteroatoms. The first-order valence-electron chi connectivity index (χ1n) is 8.71. The molecule has 138 valence electrons. The van der Waals surface area contributed by atoms with E-state index in [1.165, 1.54) is 46.5 Å². The number of benzene rings is 1. The number of sulfonamides is 1. The molecule has 0 aromatic heterocycles. The van der Waals surface area contributed by atoms with Gasteiger partial charge in [-0.25, -0.2) is 12.7 Å². The van der Waals surface area contributed by atoms with E-state index in [1.54, 1.807) is 12.1 Å². The normalized spacial score (nSPS) is 25.4. The van der Waals surface area contributed by atoms with Crippen LogP contribution in [-0.2, 0) is 14.8 Å². The van der Waals surface area contributed by atoms with E-state index in [1.807, 2.05) is 0 Å². The second-order valence-electron chi connectivity index (χ2n) is 7.34. The van der Waals surface area contributed by atoms with E-state index in [2.05, 4.69) is 5.32 Å². The second-order valence-corrected chi connectivity index (χ2v) is 9.46. The number of carbonyl (C=O) groups excluding carboxylic acids is 1. The zero-order chi connectivity index (χ0) is 18.2. The lowest BCUT2D eigenvalue weighted by Crippen LogP contribution is -2.23. The van der Waals surface area contributed by atoms with Gasteiger partial charge in [-0.1, -0.05) is 6.42 Å². The maximum Gasteiger partial charge on any atom is 0.246 e. The first kappa shape index (κ1) is 18.2. The number of nitrogens with zero attached hydrogens (tertiary/aromatic N) is 1. The van der Waals surface area contributed by atoms with Crippen molar-refractivity contribution in [1.29, 1.82) is 0 Å². The van der Waals surface area contributed by atoms with Crippen LogP contribution in [0.25, 0.3) is 0 Å². The lowest BCUT2D eigenvalue weighted by molar-refractivity contribution is -0.117. The van der Waals surface area contributed by atoms with Gasteiger partial charge in [0.1, 0.15) is 10.6 Å². The summed E-state index contributed by atoms with van der Waals surface area (Å²) in [4.78, 5) is 12.4. The molecule has 2 aliphatic carbocycles. The van der Waals surface area contributed by atoms with Crippen LogP contribution in [0.2, 0.25) is 0 Å². The van der Waals surface area contributed by atoms with Crippen molar-refractivity contribution >= 4 is 21.6 Å². The summed E-state index contributed by atoms with van der Waals surface area (Å²) in [6.45, 7) is 0. The standard InChI is InChI=1S/C18H26N2O4S/c1-20(2)25(22,23)17-11-15(6-7-16(17)24-3)19-18(21)10-14-9-12-4-5-13(14)8-12/h6-7,11-14H,4-5,8-10H2,1-3H3,(H,19,21)/t12-,13-,14+/m1/s1. The van der Waals surface area contributed by atoms with E-state index in [0.717, 1.165) is 16.6 Å². The molecule has 1 aromatic carbocycles. The smallest absolute Gasteiger partial charge is 0.246 e. The van der Waals surface area contributed by atoms with Crippen LogP contribution in [0.5, 0.6) is 5.75 Å². The number of fused-ring (bicyclic) bond motifs is 2. The maximum absolute atomic E-state index is 12.4. The third kappa shape index (κ3) is 3.67. The molecule has 6 nitrogen and oxygen atoms in total. The number of ether oxygens (including phenoxy) is 1. The number of nitrogens with one attached hydrogen (secondary N) is 1. The van der Waals surface area contributed by atoms with Crippen molar-refractivity contribution in [2.45, 2.75) is 37.0 Å². The topological polar surface area (TPSA) is 75.7 Å². The minimum atomic E-state index is -3.65. The number of anilines is 1. The van der Waals surface area contributed by atoms with Crippen molar-refractivity contribution in [1.82, 2.24) is 4.31 Å². The summed E-state index contributed by atoms with van der Waals surface area (Å²) in [5.41, 5.74) is 0.481. The Labute approximate surface area is 149 Å². The van der Waals surface area contributed by atoms with Crippen molar-refractivity contribution < 1.29 is 17.9 Å². The van der Waals surface area contributed by atoms with Crippen LogP contribution in [0.1, 0.15) is 32.1 Å². The van der Waals surface area contributed by atoms with Crippen LogP contribution in [0, 0.1) is 17.8 Å². The molecular weight excluding hydrogens is 340 g/mol. The van der Waals surface area contributed by atoms with Gasteiger partial charge in [-0.2, -0.15) is 0 Å². The highest BCUT2D eigenvalue weighted by Crippen LogP contribution is 2.49. The molecule has 3 atom stereocenters. The Balaban J connectivity index is 1.73. The summed E-state index contributed by atoms with van der Waals surface area (Å²) in [7, 11) is 0.713. The second kappa shape index (κ2) is 6.96. The van der Waals surface area contributed by atoms with Crippen molar-refractivity contribution in [2.24, 2.45) is 17.8 Å². The van der Waals surface area contributed by atoms with E-state index in [0.29, 0.717) is 23.9 Å². The molecule has 0 spiro atoms. The van der Waals surface area contributed by atoms with Crippen molar-refractivity contribution in [3.8, 4) is 5.75 Å². The number of hydrogen-bond acceptors (Lipinski definition) is 4. The highest BCUT2D eigenvalue weighted by Gasteiger charge is 2.40. The van der Waals surface area contributed by atoms with Gasteiger partial charge in [0.05, 0.1) is 7.11 Å². The molecule has 2 bridgehead atoms. The van der Waals surface area contributed by atoms with E-state index in [9.17, 15) is 13.2 Å². The van der Waals surface area contributed by atoms with Crippen LogP contribution in [-0.4, -0.2) is 39.8 Å². The molecular formula is C18H26N2O4S. The molecule has 0 aliphatic heterocycles. The van der Waals surface area contributed by atoms with Crippen molar-refractivity contribution in [2.75, 3.05) is 26.5 Å². The van der Waals surface area contributed by atoms with E-state index in [-0.39, 0.29) is 16.6 Å². The molecule has 0 unspecified atom stereocenters. The van der Waals surface area contributed by atoms with Gasteiger partial charge in [0, 0.05) is 26.2 Å². The number of carbonyl (C=O) groups is 1. The Morgan fingerprint density at radius 3 is 2.60 bits per heavy atom. The minimum Gasteiger partial charge on any atom is -0.495 e. The summed E-state index contributed by atoms with van der Waals surface area (Å²) >= 11 is 0. The molecule has 2 saturated carbocycles. The van der Waals surface area contributed by atoms with Crippen LogP contribution in [0.15, 0.2) is 23.1 Å². The SMILES string of the molecule is COc1ccc(NC(=O)C[C@@H]2C[C@@H]3CC[C@@H]2C3)cc1S(=O)(=O)N(C)C. The summed E-state index contributed by atoms with van der Waals surface area (Å²) in [6, 6.07) is 4.71. The zero-order valence-corrected chi connectivity index (χ0v) is 15.8. The van der Waals surface area contributed by atoms with Crippen LogP contribution in [0.3, 0.4) is 0 Å². The molecule has 25 heavy (non-hydrogen) atoms. The van der Waals surface area contributed by atoms with Gasteiger partial charge in [0.15, 0.2) is 0 Å². The average molecular weight is 366 g/mol. The first-order valence-corrected chi connectivity index (χ1v) is 10.2. The number of hydrogen-bond donors (Lipinski definition) is 1. The Bertz CT molecular complexity index is 760. The third-order valence-electron chi connectivity index (χ3n) is 5.54. The van der Waals surface area contributed by atoms with E-state index < -0.39 is 10.0 Å². The van der Waals surface area contributed by atoms with Crippen molar-refractivity contribution in [3.05, 3.63) is 18.2 Å². The van der Waals surface area contributed by atoms with Gasteiger partial charge in [0.2, 0.25) is 15.9 Å². The predicted octanol–water partition coefficient (Wildman–Crippen LogP) is 2.71. The lowest BCUT2D eigenvalue weighted by atomic mass is 9.86. The Kier molecular flexibility index (Phi) is 5.06. The predicted molar refractivity (Wildman–Crippen MR) is 96.1 cm³/mol. The Hall–Kier alpha value is -1.60. The van der Waals surface area contributed by atoms with E-state index >= 15 is 0 Å². The molecule has 1 amide bonds. The first-order chi connectivity index (χ1) is 11.8. The Morgan fingerprint density at radius 1 is 1.28 bits per heavy atom. The largest absolute Gasteiger partial charge is 0.495 e. The fourth-order valence-electron chi connectivity index (χ4n) is 4.23. The molecule has 2 fully saturated rings. The number of amides is 1. The molecule has 0 saturated heterocycles. The van der Waals surface area contributed by atoms with Gasteiger partial charge in [-0.15, -0.1) is 0 Å². The van der Waals surface area contributed by atoms with Gasteiger partial charge in [-0.3, -0.25) is 4.79 Å². The number of rotatable bonds is 6. The molecule has 1 aromatic rings. The monoisotopic (exact) mass is 366 g/mol. The summed E-state index contributed by atoms with van der Waals surface area (Å²) in [6.07, 6.45) is 5.50. The van der Waals surface area contributed by atoms with Crippen LogP contribution in [0.4, 0.5) is 5.69 Å². The van der Waals surface area contributed by atoms with Gasteiger partial charge in [0.25, 0.3) is 0 Å².